The van der Waals surface area contributed by atoms with Crippen molar-refractivity contribution in [1.82, 2.24) is 9.88 Å². The number of aromatic nitrogens is 1. The highest BCUT2D eigenvalue weighted by Crippen LogP contribution is 2.30. The number of benzene rings is 2. The molecule has 2 aromatic carbocycles. The number of carbonyl (C=O) groups excluding carboxylic acids is 1. The Morgan fingerprint density at radius 3 is 2.48 bits per heavy atom. The van der Waals surface area contributed by atoms with Crippen LogP contribution in [0.25, 0.3) is 11.1 Å². The first-order chi connectivity index (χ1) is 15.0. The molecule has 0 saturated heterocycles. The van der Waals surface area contributed by atoms with Crippen LogP contribution in [0, 0.1) is 13.8 Å². The number of rotatable bonds is 6. The molecule has 1 heterocycles. The summed E-state index contributed by atoms with van der Waals surface area (Å²) < 4.78 is 8.21. The van der Waals surface area contributed by atoms with E-state index in [1.165, 1.54) is 5.56 Å². The molecule has 1 fully saturated rings. The zero-order valence-electron chi connectivity index (χ0n) is 18.7. The smallest absolute Gasteiger partial charge is 0.268 e. The quantitative estimate of drug-likeness (QED) is 0.571. The first-order valence-electron chi connectivity index (χ1n) is 11.2. The van der Waals surface area contributed by atoms with Crippen LogP contribution in [0.5, 0.6) is 0 Å². The SMILES string of the molecule is Cc1ccc(-c2c(C)cn(C)c2C(=O)NC2CCCCC2OCc2ccccc2)cc1. The van der Waals surface area contributed by atoms with E-state index in [1.54, 1.807) is 0 Å². The number of ether oxygens (including phenoxy) is 1. The maximum Gasteiger partial charge on any atom is 0.268 e. The summed E-state index contributed by atoms with van der Waals surface area (Å²) in [4.78, 5) is 13.4. The molecule has 0 aliphatic heterocycles. The van der Waals surface area contributed by atoms with Crippen LogP contribution in [-0.4, -0.2) is 22.6 Å². The molecule has 0 radical (unpaired) electrons. The van der Waals surface area contributed by atoms with Gasteiger partial charge in [-0.1, -0.05) is 73.0 Å². The summed E-state index contributed by atoms with van der Waals surface area (Å²) in [6.45, 7) is 4.72. The predicted octanol–water partition coefficient (Wildman–Crippen LogP) is 5.57. The van der Waals surface area contributed by atoms with E-state index in [0.29, 0.717) is 12.3 Å². The van der Waals surface area contributed by atoms with E-state index in [9.17, 15) is 4.79 Å². The Balaban J connectivity index is 1.52. The zero-order valence-corrected chi connectivity index (χ0v) is 18.7. The van der Waals surface area contributed by atoms with Gasteiger partial charge in [0.05, 0.1) is 18.8 Å². The van der Waals surface area contributed by atoms with Gasteiger partial charge in [-0.05, 0) is 43.4 Å². The van der Waals surface area contributed by atoms with Crippen molar-refractivity contribution in [3.8, 4) is 11.1 Å². The van der Waals surface area contributed by atoms with E-state index in [2.05, 4.69) is 55.6 Å². The van der Waals surface area contributed by atoms with Crippen LogP contribution in [-0.2, 0) is 18.4 Å². The number of hydrogen-bond acceptors (Lipinski definition) is 2. The molecule has 3 aromatic rings. The molecule has 0 spiro atoms. The molecule has 1 aromatic heterocycles. The lowest BCUT2D eigenvalue weighted by Crippen LogP contribution is -2.46. The van der Waals surface area contributed by atoms with Crippen LogP contribution < -0.4 is 5.32 Å². The van der Waals surface area contributed by atoms with Crippen LogP contribution in [0.4, 0.5) is 0 Å². The third kappa shape index (κ3) is 4.91. The Hall–Kier alpha value is -2.85. The highest BCUT2D eigenvalue weighted by Gasteiger charge is 2.29. The van der Waals surface area contributed by atoms with Crippen LogP contribution in [0.2, 0.25) is 0 Å². The third-order valence-corrected chi connectivity index (χ3v) is 6.25. The Bertz CT molecular complexity index is 1020. The van der Waals surface area contributed by atoms with Gasteiger partial charge in [0.2, 0.25) is 0 Å². The van der Waals surface area contributed by atoms with E-state index < -0.39 is 0 Å². The first kappa shape index (κ1) is 21.4. The molecular formula is C27H32N2O2. The molecule has 1 aliphatic rings. The molecule has 1 aliphatic carbocycles. The Morgan fingerprint density at radius 1 is 1.03 bits per heavy atom. The second-order valence-electron chi connectivity index (χ2n) is 8.71. The van der Waals surface area contributed by atoms with E-state index in [-0.39, 0.29) is 18.1 Å². The predicted molar refractivity (Wildman–Crippen MR) is 125 cm³/mol. The van der Waals surface area contributed by atoms with Crippen molar-refractivity contribution in [3.63, 3.8) is 0 Å². The minimum absolute atomic E-state index is 0.0219. The highest BCUT2D eigenvalue weighted by atomic mass is 16.5. The fraction of sp³-hybridized carbons (Fsp3) is 0.370. The number of hydrogen-bond donors (Lipinski definition) is 1. The second-order valence-corrected chi connectivity index (χ2v) is 8.71. The standard InChI is InChI=1S/C27H32N2O2/c1-19-13-15-22(16-14-19)25-20(2)17-29(3)26(25)27(30)28-23-11-7-8-12-24(23)31-18-21-9-5-4-6-10-21/h4-6,9-10,13-17,23-24H,7-8,11-12,18H2,1-3H3,(H,28,30). The van der Waals surface area contributed by atoms with Crippen LogP contribution in [0.15, 0.2) is 60.8 Å². The monoisotopic (exact) mass is 416 g/mol. The number of nitrogens with one attached hydrogen (secondary N) is 1. The van der Waals surface area contributed by atoms with Gasteiger partial charge in [-0.25, -0.2) is 0 Å². The lowest BCUT2D eigenvalue weighted by molar-refractivity contribution is -0.00468. The first-order valence-corrected chi connectivity index (χ1v) is 11.2. The largest absolute Gasteiger partial charge is 0.371 e. The van der Waals surface area contributed by atoms with Crippen LogP contribution in [0.3, 0.4) is 0 Å². The number of carbonyl (C=O) groups is 1. The van der Waals surface area contributed by atoms with E-state index >= 15 is 0 Å². The number of aryl methyl sites for hydroxylation is 3. The average Bonchev–Trinajstić information content (AvgIpc) is 3.08. The van der Waals surface area contributed by atoms with Crippen molar-refractivity contribution in [3.05, 3.63) is 83.2 Å². The Labute approximate surface area is 185 Å². The second kappa shape index (κ2) is 9.52. The fourth-order valence-electron chi connectivity index (χ4n) is 4.62. The normalized spacial score (nSPS) is 18.7. The van der Waals surface area contributed by atoms with Gasteiger partial charge in [-0.15, -0.1) is 0 Å². The van der Waals surface area contributed by atoms with Gasteiger partial charge >= 0.3 is 0 Å². The maximum absolute atomic E-state index is 13.4. The van der Waals surface area contributed by atoms with E-state index in [4.69, 9.17) is 4.74 Å². The molecule has 1 saturated carbocycles. The third-order valence-electron chi connectivity index (χ3n) is 6.25. The summed E-state index contributed by atoms with van der Waals surface area (Å²) in [5, 5.41) is 3.31. The minimum atomic E-state index is -0.0219. The molecule has 2 atom stereocenters. The summed E-state index contributed by atoms with van der Waals surface area (Å²) in [5.74, 6) is -0.0219. The summed E-state index contributed by atoms with van der Waals surface area (Å²) in [5.41, 5.74) is 6.29. The van der Waals surface area contributed by atoms with Gasteiger partial charge in [-0.3, -0.25) is 4.79 Å². The molecule has 31 heavy (non-hydrogen) atoms. The summed E-state index contributed by atoms with van der Waals surface area (Å²) in [6, 6.07) is 18.7. The van der Waals surface area contributed by atoms with Crippen LogP contribution >= 0.6 is 0 Å². The molecule has 4 rings (SSSR count). The molecular weight excluding hydrogens is 384 g/mol. The molecule has 4 heteroatoms. The number of amides is 1. The van der Waals surface area contributed by atoms with E-state index in [0.717, 1.165) is 47.9 Å². The highest BCUT2D eigenvalue weighted by molar-refractivity contribution is 6.00. The van der Waals surface area contributed by atoms with Gasteiger partial charge in [0.1, 0.15) is 5.69 Å². The van der Waals surface area contributed by atoms with Gasteiger partial charge in [0.15, 0.2) is 0 Å². The molecule has 1 N–H and O–H groups in total. The zero-order chi connectivity index (χ0) is 21.8. The Kier molecular flexibility index (Phi) is 6.57. The van der Waals surface area contributed by atoms with Crippen molar-refractivity contribution >= 4 is 5.91 Å². The number of nitrogens with zero attached hydrogens (tertiary/aromatic N) is 1. The average molecular weight is 417 g/mol. The lowest BCUT2D eigenvalue weighted by atomic mass is 9.92. The molecule has 1 amide bonds. The van der Waals surface area contributed by atoms with Gasteiger partial charge in [-0.2, -0.15) is 0 Å². The summed E-state index contributed by atoms with van der Waals surface area (Å²) in [7, 11) is 1.95. The summed E-state index contributed by atoms with van der Waals surface area (Å²) >= 11 is 0. The lowest BCUT2D eigenvalue weighted by Gasteiger charge is -2.32. The van der Waals surface area contributed by atoms with Gasteiger partial charge < -0.3 is 14.6 Å². The fourth-order valence-corrected chi connectivity index (χ4v) is 4.62. The van der Waals surface area contributed by atoms with Crippen LogP contribution in [0.1, 0.15) is 52.9 Å². The molecule has 2 unspecified atom stereocenters. The van der Waals surface area contributed by atoms with Crippen molar-refractivity contribution in [2.75, 3.05) is 0 Å². The van der Waals surface area contributed by atoms with Crippen molar-refractivity contribution in [2.45, 2.75) is 58.3 Å². The summed E-state index contributed by atoms with van der Waals surface area (Å²) in [6.07, 6.45) is 6.27. The van der Waals surface area contributed by atoms with Crippen molar-refractivity contribution in [1.29, 1.82) is 0 Å². The van der Waals surface area contributed by atoms with Crippen molar-refractivity contribution < 1.29 is 9.53 Å². The van der Waals surface area contributed by atoms with Gasteiger partial charge in [0.25, 0.3) is 5.91 Å². The Morgan fingerprint density at radius 2 is 1.74 bits per heavy atom. The minimum Gasteiger partial charge on any atom is -0.371 e. The topological polar surface area (TPSA) is 43.3 Å². The molecule has 0 bridgehead atoms. The van der Waals surface area contributed by atoms with Gasteiger partial charge in [0, 0.05) is 18.8 Å². The van der Waals surface area contributed by atoms with E-state index in [1.807, 2.05) is 36.0 Å². The molecule has 162 valence electrons. The van der Waals surface area contributed by atoms with Crippen molar-refractivity contribution in [2.24, 2.45) is 7.05 Å². The maximum atomic E-state index is 13.4. The molecule has 4 nitrogen and oxygen atoms in total.